The minimum absolute atomic E-state index is 0.0576. The van der Waals surface area contributed by atoms with E-state index in [9.17, 15) is 8.78 Å². The summed E-state index contributed by atoms with van der Waals surface area (Å²) in [5, 5.41) is 2.94. The number of hydrogen-bond donors (Lipinski definition) is 1. The van der Waals surface area contributed by atoms with E-state index in [0.29, 0.717) is 6.54 Å². The van der Waals surface area contributed by atoms with Crippen molar-refractivity contribution in [3.05, 3.63) is 59.1 Å². The zero-order valence-corrected chi connectivity index (χ0v) is 11.6. The maximum atomic E-state index is 13.5. The third-order valence-corrected chi connectivity index (χ3v) is 3.73. The molecule has 0 saturated heterocycles. The van der Waals surface area contributed by atoms with Gasteiger partial charge in [-0.1, -0.05) is 29.8 Å². The fourth-order valence-electron chi connectivity index (χ4n) is 1.57. The molecule has 0 saturated carbocycles. The predicted molar refractivity (Wildman–Crippen MR) is 77.0 cm³/mol. The molecule has 19 heavy (non-hydrogen) atoms. The van der Waals surface area contributed by atoms with Crippen LogP contribution in [0.3, 0.4) is 0 Å². The Hall–Kier alpha value is -1.26. The molecule has 2 aromatic carbocycles. The van der Waals surface area contributed by atoms with Crippen LogP contribution in [0.15, 0.2) is 47.4 Å². The smallest absolute Gasteiger partial charge is 0.150 e. The summed E-state index contributed by atoms with van der Waals surface area (Å²) in [6, 6.07) is 11.8. The Kier molecular flexibility index (Phi) is 5.05. The number of hydrogen-bond acceptors (Lipinski definition) is 2. The first-order chi connectivity index (χ1) is 9.16. The van der Waals surface area contributed by atoms with Gasteiger partial charge in [-0.3, -0.25) is 0 Å². The van der Waals surface area contributed by atoms with Gasteiger partial charge in [0, 0.05) is 23.3 Å². The van der Waals surface area contributed by atoms with E-state index in [1.807, 2.05) is 30.3 Å². The third-order valence-electron chi connectivity index (χ3n) is 2.42. The van der Waals surface area contributed by atoms with Crippen molar-refractivity contribution in [2.75, 3.05) is 17.6 Å². The van der Waals surface area contributed by atoms with E-state index in [-0.39, 0.29) is 10.7 Å². The molecule has 100 valence electrons. The number of nitrogens with one attached hydrogen (secondary N) is 1. The lowest BCUT2D eigenvalue weighted by molar-refractivity contribution is 0.585. The molecule has 1 N–H and O–H groups in total. The van der Waals surface area contributed by atoms with Crippen molar-refractivity contribution in [3.8, 4) is 0 Å². The summed E-state index contributed by atoms with van der Waals surface area (Å²) in [5.41, 5.74) is 0.150. The fraction of sp³-hybridized carbons (Fsp3) is 0.143. The maximum absolute atomic E-state index is 13.5. The lowest BCUT2D eigenvalue weighted by atomic mass is 10.3. The summed E-state index contributed by atoms with van der Waals surface area (Å²) in [4.78, 5) is 1.15. The molecule has 0 aliphatic heterocycles. The van der Waals surface area contributed by atoms with Gasteiger partial charge in [0.05, 0.1) is 10.7 Å². The largest absolute Gasteiger partial charge is 0.381 e. The van der Waals surface area contributed by atoms with Crippen LogP contribution in [-0.4, -0.2) is 12.3 Å². The van der Waals surface area contributed by atoms with Crippen LogP contribution < -0.4 is 5.32 Å². The van der Waals surface area contributed by atoms with Crippen LogP contribution in [0.4, 0.5) is 14.5 Å². The summed E-state index contributed by atoms with van der Waals surface area (Å²) in [6.07, 6.45) is 0. The van der Waals surface area contributed by atoms with E-state index < -0.39 is 11.6 Å². The Balaban J connectivity index is 1.86. The van der Waals surface area contributed by atoms with Crippen LogP contribution in [0.2, 0.25) is 5.02 Å². The Bertz CT molecular complexity index is 525. The molecule has 0 fully saturated rings. The van der Waals surface area contributed by atoms with Crippen LogP contribution in [0.5, 0.6) is 0 Å². The first kappa shape index (κ1) is 14.2. The van der Waals surface area contributed by atoms with Crippen molar-refractivity contribution >= 4 is 29.1 Å². The zero-order chi connectivity index (χ0) is 13.7. The molecule has 5 heteroatoms. The maximum Gasteiger partial charge on any atom is 0.150 e. The molecule has 0 atom stereocenters. The van der Waals surface area contributed by atoms with Gasteiger partial charge in [0.15, 0.2) is 5.82 Å². The molecule has 0 aromatic heterocycles. The molecule has 0 unspecified atom stereocenters. The molecule has 0 spiro atoms. The van der Waals surface area contributed by atoms with E-state index in [2.05, 4.69) is 5.32 Å². The summed E-state index contributed by atoms with van der Waals surface area (Å²) >= 11 is 7.43. The Morgan fingerprint density at radius 1 is 1.11 bits per heavy atom. The number of halogens is 3. The highest BCUT2D eigenvalue weighted by Crippen LogP contribution is 2.26. The van der Waals surface area contributed by atoms with Crippen molar-refractivity contribution in [3.63, 3.8) is 0 Å². The van der Waals surface area contributed by atoms with E-state index >= 15 is 0 Å². The summed E-state index contributed by atoms with van der Waals surface area (Å²) in [6.45, 7) is 0.543. The molecular formula is C14H12ClF2NS. The second-order valence-electron chi connectivity index (χ2n) is 3.83. The van der Waals surface area contributed by atoms with Gasteiger partial charge in [0.25, 0.3) is 0 Å². The fourth-order valence-corrected chi connectivity index (χ4v) is 2.62. The second-order valence-corrected chi connectivity index (χ2v) is 5.41. The van der Waals surface area contributed by atoms with E-state index in [4.69, 9.17) is 11.6 Å². The first-order valence-corrected chi connectivity index (χ1v) is 7.09. The number of rotatable bonds is 5. The van der Waals surface area contributed by atoms with Gasteiger partial charge in [0.1, 0.15) is 5.82 Å². The Morgan fingerprint density at radius 3 is 2.53 bits per heavy atom. The van der Waals surface area contributed by atoms with E-state index in [1.54, 1.807) is 11.8 Å². The minimum atomic E-state index is -0.674. The standard InChI is InChI=1S/C14H12ClF2NS/c15-12-8-10(16)9-13(17)14(12)18-6-7-19-11-4-2-1-3-5-11/h1-5,8-9,18H,6-7H2. The highest BCUT2D eigenvalue weighted by Gasteiger charge is 2.09. The van der Waals surface area contributed by atoms with Gasteiger partial charge in [-0.15, -0.1) is 11.8 Å². The van der Waals surface area contributed by atoms with Gasteiger partial charge in [0.2, 0.25) is 0 Å². The first-order valence-electron chi connectivity index (χ1n) is 5.73. The van der Waals surface area contributed by atoms with Crippen molar-refractivity contribution in [1.29, 1.82) is 0 Å². The molecule has 0 heterocycles. The lowest BCUT2D eigenvalue weighted by Crippen LogP contribution is -2.06. The van der Waals surface area contributed by atoms with Gasteiger partial charge < -0.3 is 5.32 Å². The third kappa shape index (κ3) is 4.11. The summed E-state index contributed by atoms with van der Waals surface area (Å²) < 4.78 is 26.3. The van der Waals surface area contributed by atoms with Gasteiger partial charge in [-0.25, -0.2) is 8.78 Å². The SMILES string of the molecule is Fc1cc(F)c(NCCSc2ccccc2)c(Cl)c1. The average Bonchev–Trinajstić information content (AvgIpc) is 2.38. The van der Waals surface area contributed by atoms with Gasteiger partial charge in [-0.2, -0.15) is 0 Å². The van der Waals surface area contributed by atoms with Crippen LogP contribution >= 0.6 is 23.4 Å². The quantitative estimate of drug-likeness (QED) is 0.627. The number of thioether (sulfide) groups is 1. The normalized spacial score (nSPS) is 10.5. The number of benzene rings is 2. The monoisotopic (exact) mass is 299 g/mol. The van der Waals surface area contributed by atoms with E-state index in [1.165, 1.54) is 0 Å². The van der Waals surface area contributed by atoms with Crippen molar-refractivity contribution in [2.45, 2.75) is 4.90 Å². The van der Waals surface area contributed by atoms with Crippen molar-refractivity contribution in [2.24, 2.45) is 0 Å². The molecule has 2 rings (SSSR count). The average molecular weight is 300 g/mol. The molecule has 0 bridgehead atoms. The van der Waals surface area contributed by atoms with Gasteiger partial charge >= 0.3 is 0 Å². The molecule has 0 radical (unpaired) electrons. The topological polar surface area (TPSA) is 12.0 Å². The molecule has 2 aromatic rings. The molecule has 1 nitrogen and oxygen atoms in total. The lowest BCUT2D eigenvalue weighted by Gasteiger charge is -2.09. The van der Waals surface area contributed by atoms with Crippen LogP contribution in [-0.2, 0) is 0 Å². The molecule has 0 amide bonds. The predicted octanol–water partition coefficient (Wildman–Crippen LogP) is 4.82. The van der Waals surface area contributed by atoms with Crippen molar-refractivity contribution < 1.29 is 8.78 Å². The molecule has 0 aliphatic carbocycles. The zero-order valence-electron chi connectivity index (χ0n) is 10.00. The summed E-state index contributed by atoms with van der Waals surface area (Å²) in [5.74, 6) is -0.585. The molecular weight excluding hydrogens is 288 g/mol. The minimum Gasteiger partial charge on any atom is -0.381 e. The van der Waals surface area contributed by atoms with E-state index in [0.717, 1.165) is 22.8 Å². The highest BCUT2D eigenvalue weighted by molar-refractivity contribution is 7.99. The summed E-state index contributed by atoms with van der Waals surface area (Å²) in [7, 11) is 0. The van der Waals surface area contributed by atoms with Crippen LogP contribution in [0.1, 0.15) is 0 Å². The van der Waals surface area contributed by atoms with Crippen molar-refractivity contribution in [1.82, 2.24) is 0 Å². The highest BCUT2D eigenvalue weighted by atomic mass is 35.5. The number of anilines is 1. The van der Waals surface area contributed by atoms with Gasteiger partial charge in [-0.05, 0) is 18.2 Å². The molecule has 0 aliphatic rings. The Morgan fingerprint density at radius 2 is 1.84 bits per heavy atom. The van der Waals surface area contributed by atoms with Crippen LogP contribution in [0.25, 0.3) is 0 Å². The Labute approximate surface area is 120 Å². The van der Waals surface area contributed by atoms with Crippen LogP contribution in [0, 0.1) is 11.6 Å². The second kappa shape index (κ2) is 6.78.